The molecule has 20 heavy (non-hydrogen) atoms. The second-order valence-electron chi connectivity index (χ2n) is 4.49. The number of amides is 1. The Labute approximate surface area is 115 Å². The van der Waals surface area contributed by atoms with Crippen LogP contribution in [0.1, 0.15) is 12.8 Å². The summed E-state index contributed by atoms with van der Waals surface area (Å²) >= 11 is 0. The Morgan fingerprint density at radius 2 is 1.85 bits per heavy atom. The fraction of sp³-hybridized carbons (Fsp3) is 0.900. The first-order valence-electron chi connectivity index (χ1n) is 6.22. The fourth-order valence-corrected chi connectivity index (χ4v) is 2.74. The minimum absolute atomic E-state index is 0.370. The molecule has 0 aromatic carbocycles. The van der Waals surface area contributed by atoms with Crippen LogP contribution in [0.3, 0.4) is 0 Å². The number of piperazine rings is 1. The average Bonchev–Trinajstić information content (AvgIpc) is 2.35. The van der Waals surface area contributed by atoms with Crippen LogP contribution < -0.4 is 10.0 Å². The molecule has 1 aliphatic rings. The van der Waals surface area contributed by atoms with Crippen molar-refractivity contribution in [2.75, 3.05) is 38.5 Å². The van der Waals surface area contributed by atoms with Gasteiger partial charge in [0, 0.05) is 32.6 Å². The molecular weight excluding hydrogens is 299 g/mol. The van der Waals surface area contributed by atoms with E-state index in [-0.39, 0.29) is 5.91 Å². The van der Waals surface area contributed by atoms with Gasteiger partial charge >= 0.3 is 6.18 Å². The third kappa shape index (κ3) is 7.06. The van der Waals surface area contributed by atoms with E-state index in [1.165, 1.54) is 4.90 Å². The third-order valence-corrected chi connectivity index (χ3v) is 4.20. The molecular formula is C10H18F3N3O3S. The summed E-state index contributed by atoms with van der Waals surface area (Å²) in [4.78, 5) is 13.2. The van der Waals surface area contributed by atoms with E-state index < -0.39 is 41.3 Å². The molecule has 1 amide bonds. The van der Waals surface area contributed by atoms with E-state index in [9.17, 15) is 26.4 Å². The first kappa shape index (κ1) is 17.2. The molecule has 0 radical (unpaired) electrons. The fourth-order valence-electron chi connectivity index (χ4n) is 1.73. The van der Waals surface area contributed by atoms with Crippen molar-refractivity contribution in [1.82, 2.24) is 14.9 Å². The van der Waals surface area contributed by atoms with Crippen molar-refractivity contribution in [3.8, 4) is 0 Å². The summed E-state index contributed by atoms with van der Waals surface area (Å²) in [6.45, 7) is 1.87. The second-order valence-corrected chi connectivity index (χ2v) is 6.42. The van der Waals surface area contributed by atoms with Crippen molar-refractivity contribution in [3.05, 3.63) is 0 Å². The van der Waals surface area contributed by atoms with Crippen molar-refractivity contribution in [2.45, 2.75) is 19.0 Å². The smallest absolute Gasteiger partial charge is 0.339 e. The van der Waals surface area contributed by atoms with E-state index in [1.807, 2.05) is 4.72 Å². The van der Waals surface area contributed by atoms with Crippen molar-refractivity contribution in [2.24, 2.45) is 0 Å². The molecule has 10 heteroatoms. The van der Waals surface area contributed by atoms with Crippen molar-refractivity contribution < 1.29 is 26.4 Å². The van der Waals surface area contributed by atoms with Crippen molar-refractivity contribution in [1.29, 1.82) is 0 Å². The Morgan fingerprint density at radius 3 is 2.40 bits per heavy atom. The molecule has 1 saturated heterocycles. The van der Waals surface area contributed by atoms with Gasteiger partial charge in [-0.1, -0.05) is 0 Å². The average molecular weight is 317 g/mol. The molecule has 1 heterocycles. The zero-order valence-corrected chi connectivity index (χ0v) is 11.7. The summed E-state index contributed by atoms with van der Waals surface area (Å²) in [6.07, 6.45) is -6.04. The van der Waals surface area contributed by atoms with Crippen molar-refractivity contribution >= 4 is 15.9 Å². The highest BCUT2D eigenvalue weighted by molar-refractivity contribution is 7.89. The number of carbonyl (C=O) groups excluding carboxylic acids is 1. The third-order valence-electron chi connectivity index (χ3n) is 2.79. The topological polar surface area (TPSA) is 78.5 Å². The Bertz CT molecular complexity index is 419. The van der Waals surface area contributed by atoms with Crippen LogP contribution in [0.5, 0.6) is 0 Å². The molecule has 0 unspecified atom stereocenters. The summed E-state index contributed by atoms with van der Waals surface area (Å²) in [6, 6.07) is 0. The first-order chi connectivity index (χ1) is 9.20. The summed E-state index contributed by atoms with van der Waals surface area (Å²) in [5, 5.41) is 3.04. The molecule has 6 nitrogen and oxygen atoms in total. The van der Waals surface area contributed by atoms with Crippen LogP contribution >= 0.6 is 0 Å². The lowest BCUT2D eigenvalue weighted by Crippen LogP contribution is -2.49. The molecule has 118 valence electrons. The number of halogens is 3. The van der Waals surface area contributed by atoms with Gasteiger partial charge in [-0.15, -0.1) is 0 Å². The van der Waals surface area contributed by atoms with E-state index in [0.29, 0.717) is 26.2 Å². The van der Waals surface area contributed by atoms with Crippen LogP contribution in [0.4, 0.5) is 13.2 Å². The number of nitrogens with zero attached hydrogens (tertiary/aromatic N) is 1. The maximum Gasteiger partial charge on any atom is 0.389 e. The van der Waals surface area contributed by atoms with Crippen LogP contribution in [0.2, 0.25) is 0 Å². The molecule has 0 bridgehead atoms. The van der Waals surface area contributed by atoms with Gasteiger partial charge in [0.05, 0.1) is 12.3 Å². The van der Waals surface area contributed by atoms with Gasteiger partial charge in [0.15, 0.2) is 0 Å². The predicted molar refractivity (Wildman–Crippen MR) is 66.5 cm³/mol. The lowest BCUT2D eigenvalue weighted by atomic mass is 10.3. The van der Waals surface area contributed by atoms with Crippen molar-refractivity contribution in [3.63, 3.8) is 0 Å². The van der Waals surface area contributed by atoms with Crippen LogP contribution in [-0.2, 0) is 14.8 Å². The molecule has 1 rings (SSSR count). The lowest BCUT2D eigenvalue weighted by molar-refractivity contribution is -0.134. The Kier molecular flexibility index (Phi) is 6.21. The van der Waals surface area contributed by atoms with Crippen LogP contribution in [0, 0.1) is 0 Å². The van der Waals surface area contributed by atoms with E-state index in [1.54, 1.807) is 0 Å². The standard InChI is InChI=1S/C10H18F3N3O3S/c11-10(12,13)2-1-7-20(18,19)15-8-9(17)16-5-3-14-4-6-16/h14-15H,1-8H2. The molecule has 0 saturated carbocycles. The largest absolute Gasteiger partial charge is 0.389 e. The highest BCUT2D eigenvalue weighted by atomic mass is 32.2. The summed E-state index contributed by atoms with van der Waals surface area (Å²) < 4.78 is 60.6. The minimum Gasteiger partial charge on any atom is -0.339 e. The van der Waals surface area contributed by atoms with Gasteiger partial charge in [0.1, 0.15) is 0 Å². The van der Waals surface area contributed by atoms with Crippen LogP contribution in [-0.4, -0.2) is 63.9 Å². The Hall–Kier alpha value is -0.870. The molecule has 0 aromatic rings. The Morgan fingerprint density at radius 1 is 1.25 bits per heavy atom. The maximum atomic E-state index is 11.9. The maximum absolute atomic E-state index is 11.9. The van der Waals surface area contributed by atoms with Gasteiger partial charge in [-0.25, -0.2) is 13.1 Å². The molecule has 0 spiro atoms. The van der Waals surface area contributed by atoms with Gasteiger partial charge in [-0.2, -0.15) is 13.2 Å². The monoisotopic (exact) mass is 317 g/mol. The Balaban J connectivity index is 2.29. The number of carbonyl (C=O) groups is 1. The normalized spacial score (nSPS) is 17.2. The zero-order valence-electron chi connectivity index (χ0n) is 10.9. The minimum atomic E-state index is -4.37. The number of hydrogen-bond donors (Lipinski definition) is 2. The SMILES string of the molecule is O=C(CNS(=O)(=O)CCCC(F)(F)F)N1CCNCC1. The highest BCUT2D eigenvalue weighted by Crippen LogP contribution is 2.21. The van der Waals surface area contributed by atoms with E-state index in [0.717, 1.165) is 0 Å². The predicted octanol–water partition coefficient (Wildman–Crippen LogP) is -0.320. The van der Waals surface area contributed by atoms with Gasteiger partial charge in [-0.05, 0) is 6.42 Å². The molecule has 0 atom stereocenters. The quantitative estimate of drug-likeness (QED) is 0.704. The van der Waals surface area contributed by atoms with E-state index in [2.05, 4.69) is 5.32 Å². The molecule has 0 aromatic heterocycles. The van der Waals surface area contributed by atoms with Crippen LogP contribution in [0.25, 0.3) is 0 Å². The van der Waals surface area contributed by atoms with E-state index in [4.69, 9.17) is 0 Å². The summed E-state index contributed by atoms with van der Waals surface area (Å²) in [5.41, 5.74) is 0. The van der Waals surface area contributed by atoms with Gasteiger partial charge in [0.25, 0.3) is 0 Å². The first-order valence-corrected chi connectivity index (χ1v) is 7.87. The number of nitrogens with one attached hydrogen (secondary N) is 2. The van der Waals surface area contributed by atoms with Gasteiger partial charge in [0.2, 0.25) is 15.9 Å². The van der Waals surface area contributed by atoms with Crippen LogP contribution in [0.15, 0.2) is 0 Å². The van der Waals surface area contributed by atoms with Gasteiger partial charge in [-0.3, -0.25) is 4.79 Å². The second kappa shape index (κ2) is 7.23. The highest BCUT2D eigenvalue weighted by Gasteiger charge is 2.27. The molecule has 0 aliphatic carbocycles. The number of alkyl halides is 3. The molecule has 2 N–H and O–H groups in total. The number of rotatable bonds is 6. The number of sulfonamides is 1. The zero-order chi connectivity index (χ0) is 15.2. The molecule has 1 fully saturated rings. The van der Waals surface area contributed by atoms with Gasteiger partial charge < -0.3 is 10.2 Å². The van der Waals surface area contributed by atoms with E-state index >= 15 is 0 Å². The molecule has 1 aliphatic heterocycles. The lowest BCUT2D eigenvalue weighted by Gasteiger charge is -2.27. The summed E-state index contributed by atoms with van der Waals surface area (Å²) in [7, 11) is -3.85. The summed E-state index contributed by atoms with van der Waals surface area (Å²) in [5.74, 6) is -1.01. The number of hydrogen-bond acceptors (Lipinski definition) is 4.